The van der Waals surface area contributed by atoms with E-state index in [1.54, 1.807) is 6.92 Å². The first-order chi connectivity index (χ1) is 6.77. The minimum absolute atomic E-state index is 0.222. The maximum atomic E-state index is 11.1. The Morgan fingerprint density at radius 1 is 1.43 bits per heavy atom. The van der Waals surface area contributed by atoms with Gasteiger partial charge in [-0.05, 0) is 30.8 Å². The van der Waals surface area contributed by atoms with E-state index in [4.69, 9.17) is 0 Å². The third kappa shape index (κ3) is 1.89. The topological polar surface area (TPSA) is 20.3 Å². The van der Waals surface area contributed by atoms with Crippen LogP contribution in [0.2, 0.25) is 0 Å². The summed E-state index contributed by atoms with van der Waals surface area (Å²) in [6, 6.07) is 0. The summed E-state index contributed by atoms with van der Waals surface area (Å²) in [7, 11) is 0. The van der Waals surface area contributed by atoms with Crippen LogP contribution >= 0.6 is 0 Å². The Morgan fingerprint density at radius 2 is 2.14 bits per heavy atom. The molecular weight excluding hydrogens is 174 g/mol. The van der Waals surface area contributed by atoms with Crippen LogP contribution in [0.25, 0.3) is 0 Å². The molecule has 76 valence electrons. The van der Waals surface area contributed by atoms with Crippen LogP contribution in [0.4, 0.5) is 0 Å². The van der Waals surface area contributed by atoms with Gasteiger partial charge in [-0.3, -0.25) is 4.79 Å². The summed E-state index contributed by atoms with van der Waals surface area (Å²) in [6.07, 6.45) is 10.1. The second-order valence-corrected chi connectivity index (χ2v) is 4.12. The summed E-state index contributed by atoms with van der Waals surface area (Å²) in [4.78, 5) is 13.1. The molecular formula is C12H17NO. The van der Waals surface area contributed by atoms with Gasteiger partial charge >= 0.3 is 0 Å². The fraction of sp³-hybridized carbons (Fsp3) is 0.583. The molecule has 1 saturated heterocycles. The number of allylic oxidation sites excluding steroid dienone is 4. The standard InChI is InChI=1S/C12H17NO/c1-10(14)13-8-6-12(7-9-13)11-4-2-3-5-11/h2,4-5,12H,3,6-9H2,1H3. The summed E-state index contributed by atoms with van der Waals surface area (Å²) < 4.78 is 0. The molecule has 0 radical (unpaired) electrons. The van der Waals surface area contributed by atoms with Crippen molar-refractivity contribution in [2.75, 3.05) is 13.1 Å². The van der Waals surface area contributed by atoms with Gasteiger partial charge in [0.2, 0.25) is 5.91 Å². The molecule has 0 saturated carbocycles. The Balaban J connectivity index is 1.90. The van der Waals surface area contributed by atoms with E-state index in [0.717, 1.165) is 32.4 Å². The maximum Gasteiger partial charge on any atom is 0.219 e. The highest BCUT2D eigenvalue weighted by molar-refractivity contribution is 5.73. The SMILES string of the molecule is CC(=O)N1CCC(C2=CCC=C2)CC1. The molecule has 0 spiro atoms. The fourth-order valence-corrected chi connectivity index (χ4v) is 2.31. The van der Waals surface area contributed by atoms with E-state index in [9.17, 15) is 4.79 Å². The molecule has 14 heavy (non-hydrogen) atoms. The highest BCUT2D eigenvalue weighted by Gasteiger charge is 2.22. The van der Waals surface area contributed by atoms with Crippen molar-refractivity contribution in [2.24, 2.45) is 5.92 Å². The lowest BCUT2D eigenvalue weighted by Gasteiger charge is -2.31. The van der Waals surface area contributed by atoms with Crippen LogP contribution in [-0.4, -0.2) is 23.9 Å². The minimum Gasteiger partial charge on any atom is -0.343 e. The number of nitrogens with zero attached hydrogens (tertiary/aromatic N) is 1. The van der Waals surface area contributed by atoms with Gasteiger partial charge < -0.3 is 4.90 Å². The van der Waals surface area contributed by atoms with Gasteiger partial charge in [-0.1, -0.05) is 18.2 Å². The predicted molar refractivity (Wildman–Crippen MR) is 56.8 cm³/mol. The van der Waals surface area contributed by atoms with Crippen molar-refractivity contribution >= 4 is 5.91 Å². The Morgan fingerprint density at radius 3 is 2.64 bits per heavy atom. The van der Waals surface area contributed by atoms with Gasteiger partial charge in [-0.2, -0.15) is 0 Å². The molecule has 0 aromatic rings. The summed E-state index contributed by atoms with van der Waals surface area (Å²) in [5.74, 6) is 0.920. The second-order valence-electron chi connectivity index (χ2n) is 4.12. The van der Waals surface area contributed by atoms with Crippen LogP contribution in [0.3, 0.4) is 0 Å². The molecule has 0 N–H and O–H groups in total. The van der Waals surface area contributed by atoms with Gasteiger partial charge in [0, 0.05) is 20.0 Å². The highest BCUT2D eigenvalue weighted by Crippen LogP contribution is 2.28. The summed E-state index contributed by atoms with van der Waals surface area (Å²) in [6.45, 7) is 3.53. The van der Waals surface area contributed by atoms with Crippen molar-refractivity contribution in [3.8, 4) is 0 Å². The predicted octanol–water partition coefficient (Wildman–Crippen LogP) is 2.13. The average molecular weight is 191 g/mol. The first-order valence-electron chi connectivity index (χ1n) is 5.39. The van der Waals surface area contributed by atoms with E-state index in [1.165, 1.54) is 5.57 Å². The van der Waals surface area contributed by atoms with E-state index < -0.39 is 0 Å². The van der Waals surface area contributed by atoms with E-state index in [-0.39, 0.29) is 5.91 Å². The zero-order valence-electron chi connectivity index (χ0n) is 8.70. The van der Waals surface area contributed by atoms with Crippen molar-refractivity contribution in [1.82, 2.24) is 4.90 Å². The smallest absolute Gasteiger partial charge is 0.219 e. The third-order valence-electron chi connectivity index (χ3n) is 3.21. The molecule has 1 heterocycles. The number of rotatable bonds is 1. The van der Waals surface area contributed by atoms with Crippen LogP contribution in [0.5, 0.6) is 0 Å². The molecule has 0 aromatic heterocycles. The number of amides is 1. The number of carbonyl (C=O) groups is 1. The molecule has 2 aliphatic rings. The summed E-state index contributed by atoms with van der Waals surface area (Å²) >= 11 is 0. The van der Waals surface area contributed by atoms with Gasteiger partial charge in [0.25, 0.3) is 0 Å². The molecule has 0 atom stereocenters. The quantitative estimate of drug-likeness (QED) is 0.621. The average Bonchev–Trinajstić information content (AvgIpc) is 2.71. The van der Waals surface area contributed by atoms with Crippen molar-refractivity contribution in [3.05, 3.63) is 23.8 Å². The molecule has 0 aromatic carbocycles. The summed E-state index contributed by atoms with van der Waals surface area (Å²) in [5, 5.41) is 0. The van der Waals surface area contributed by atoms with Crippen molar-refractivity contribution in [3.63, 3.8) is 0 Å². The first-order valence-corrected chi connectivity index (χ1v) is 5.39. The molecule has 1 amide bonds. The van der Waals surface area contributed by atoms with Crippen molar-refractivity contribution < 1.29 is 4.79 Å². The fourth-order valence-electron chi connectivity index (χ4n) is 2.31. The molecule has 2 rings (SSSR count). The van der Waals surface area contributed by atoms with Crippen LogP contribution in [0, 0.1) is 5.92 Å². The van der Waals surface area contributed by atoms with Gasteiger partial charge in [0.05, 0.1) is 0 Å². The zero-order chi connectivity index (χ0) is 9.97. The molecule has 0 unspecified atom stereocenters. The van der Waals surface area contributed by atoms with E-state index in [2.05, 4.69) is 18.2 Å². The Hall–Kier alpha value is -1.05. The Bertz CT molecular complexity index is 283. The normalized spacial score (nSPS) is 22.6. The van der Waals surface area contributed by atoms with Crippen molar-refractivity contribution in [2.45, 2.75) is 26.2 Å². The Labute approximate surface area is 85.3 Å². The molecule has 0 bridgehead atoms. The van der Waals surface area contributed by atoms with Crippen LogP contribution in [0.1, 0.15) is 26.2 Å². The number of carbonyl (C=O) groups excluding carboxylic acids is 1. The van der Waals surface area contributed by atoms with Gasteiger partial charge in [-0.25, -0.2) is 0 Å². The molecule has 2 heteroatoms. The highest BCUT2D eigenvalue weighted by atomic mass is 16.2. The number of hydrogen-bond donors (Lipinski definition) is 0. The number of hydrogen-bond acceptors (Lipinski definition) is 1. The molecule has 2 nitrogen and oxygen atoms in total. The largest absolute Gasteiger partial charge is 0.343 e. The number of piperidine rings is 1. The molecule has 1 aliphatic carbocycles. The van der Waals surface area contributed by atoms with Crippen LogP contribution in [-0.2, 0) is 4.79 Å². The lowest BCUT2D eigenvalue weighted by molar-refractivity contribution is -0.130. The monoisotopic (exact) mass is 191 g/mol. The summed E-state index contributed by atoms with van der Waals surface area (Å²) in [5.41, 5.74) is 1.49. The third-order valence-corrected chi connectivity index (χ3v) is 3.21. The molecule has 1 aliphatic heterocycles. The lowest BCUT2D eigenvalue weighted by Crippen LogP contribution is -2.37. The molecule has 1 fully saturated rings. The maximum absolute atomic E-state index is 11.1. The zero-order valence-corrected chi connectivity index (χ0v) is 8.70. The minimum atomic E-state index is 0.222. The van der Waals surface area contributed by atoms with E-state index in [1.807, 2.05) is 4.90 Å². The van der Waals surface area contributed by atoms with Gasteiger partial charge in [0.1, 0.15) is 0 Å². The van der Waals surface area contributed by atoms with Crippen LogP contribution in [0.15, 0.2) is 23.8 Å². The van der Waals surface area contributed by atoms with E-state index >= 15 is 0 Å². The lowest BCUT2D eigenvalue weighted by atomic mass is 9.90. The van der Waals surface area contributed by atoms with Gasteiger partial charge in [-0.15, -0.1) is 0 Å². The second kappa shape index (κ2) is 3.99. The Kier molecular flexibility index (Phi) is 2.71. The van der Waals surface area contributed by atoms with Crippen LogP contribution < -0.4 is 0 Å². The number of likely N-dealkylation sites (tertiary alicyclic amines) is 1. The first kappa shape index (κ1) is 9.50. The van der Waals surface area contributed by atoms with Crippen molar-refractivity contribution in [1.29, 1.82) is 0 Å². The van der Waals surface area contributed by atoms with E-state index in [0.29, 0.717) is 5.92 Å². The van der Waals surface area contributed by atoms with Gasteiger partial charge in [0.15, 0.2) is 0 Å².